The molecule has 0 amide bonds. The molecule has 0 aromatic heterocycles. The zero-order valence-electron chi connectivity index (χ0n) is 44.5. The smallest absolute Gasteiger partial charge is 0.306 e. The first-order valence-electron chi connectivity index (χ1n) is 28.0. The quantitative estimate of drug-likeness (QED) is 0.0262. The van der Waals surface area contributed by atoms with E-state index >= 15 is 0 Å². The lowest BCUT2D eigenvalue weighted by atomic mass is 10.1. The maximum Gasteiger partial charge on any atom is 0.306 e. The van der Waals surface area contributed by atoms with E-state index in [1.165, 1.54) is 64.2 Å². The summed E-state index contributed by atoms with van der Waals surface area (Å²) in [7, 11) is 0. The molecule has 0 fully saturated rings. The van der Waals surface area contributed by atoms with Crippen LogP contribution in [0.5, 0.6) is 0 Å². The predicted molar refractivity (Wildman–Crippen MR) is 297 cm³/mol. The maximum atomic E-state index is 12.7. The summed E-state index contributed by atoms with van der Waals surface area (Å²) in [4.78, 5) is 37.9. The van der Waals surface area contributed by atoms with Gasteiger partial charge >= 0.3 is 17.9 Å². The molecule has 6 nitrogen and oxygen atoms in total. The second-order valence-corrected chi connectivity index (χ2v) is 18.1. The third kappa shape index (κ3) is 54.6. The highest BCUT2D eigenvalue weighted by Gasteiger charge is 2.19. The first-order valence-corrected chi connectivity index (χ1v) is 28.0. The van der Waals surface area contributed by atoms with Crippen LogP contribution in [0.1, 0.15) is 239 Å². The van der Waals surface area contributed by atoms with E-state index < -0.39 is 6.10 Å². The first-order chi connectivity index (χ1) is 34.0. The molecule has 1 atom stereocenters. The average Bonchev–Trinajstić information content (AvgIpc) is 3.35. The molecule has 0 radical (unpaired) electrons. The van der Waals surface area contributed by atoms with Crippen molar-refractivity contribution < 1.29 is 28.6 Å². The van der Waals surface area contributed by atoms with Crippen molar-refractivity contribution in [2.24, 2.45) is 0 Å². The Morgan fingerprint density at radius 3 is 0.942 bits per heavy atom. The summed E-state index contributed by atoms with van der Waals surface area (Å²) in [6.07, 6.45) is 77.8. The first kappa shape index (κ1) is 64.8. The van der Waals surface area contributed by atoms with E-state index in [1.807, 2.05) is 0 Å². The molecule has 1 unspecified atom stereocenters. The van der Waals surface area contributed by atoms with E-state index in [-0.39, 0.29) is 31.1 Å². The molecular formula is C63H102O6. The summed E-state index contributed by atoms with van der Waals surface area (Å²) in [5.41, 5.74) is 0. The molecule has 0 saturated heterocycles. The van der Waals surface area contributed by atoms with Crippen molar-refractivity contribution in [3.63, 3.8) is 0 Å². The van der Waals surface area contributed by atoms with Crippen molar-refractivity contribution in [3.8, 4) is 0 Å². The van der Waals surface area contributed by atoms with Gasteiger partial charge < -0.3 is 14.2 Å². The van der Waals surface area contributed by atoms with Crippen molar-refractivity contribution in [2.45, 2.75) is 245 Å². The van der Waals surface area contributed by atoms with Crippen LogP contribution in [0, 0.1) is 0 Å². The Kier molecular flexibility index (Phi) is 53.0. The molecule has 6 heteroatoms. The van der Waals surface area contributed by atoms with Crippen LogP contribution in [0.15, 0.2) is 122 Å². The van der Waals surface area contributed by atoms with Crippen molar-refractivity contribution >= 4 is 17.9 Å². The molecule has 0 aromatic carbocycles. The summed E-state index contributed by atoms with van der Waals surface area (Å²) in [5, 5.41) is 0. The van der Waals surface area contributed by atoms with Gasteiger partial charge in [-0.15, -0.1) is 0 Å². The van der Waals surface area contributed by atoms with Gasteiger partial charge in [-0.1, -0.05) is 226 Å². The van der Waals surface area contributed by atoms with E-state index in [1.54, 1.807) is 0 Å². The number of ether oxygens (including phenoxy) is 3. The molecule has 0 rings (SSSR count). The highest BCUT2D eigenvalue weighted by atomic mass is 16.6. The molecule has 390 valence electrons. The molecule has 0 bridgehead atoms. The number of carbonyl (C=O) groups is 3. The number of esters is 3. The highest BCUT2D eigenvalue weighted by molar-refractivity contribution is 5.71. The Morgan fingerprint density at radius 2 is 0.565 bits per heavy atom. The van der Waals surface area contributed by atoms with Crippen LogP contribution in [0.25, 0.3) is 0 Å². The number of hydrogen-bond acceptors (Lipinski definition) is 6. The Labute approximate surface area is 424 Å². The zero-order chi connectivity index (χ0) is 50.0. The number of rotatable bonds is 49. The number of allylic oxidation sites excluding steroid dienone is 20. The van der Waals surface area contributed by atoms with Gasteiger partial charge in [0, 0.05) is 19.3 Å². The van der Waals surface area contributed by atoms with Crippen molar-refractivity contribution in [1.29, 1.82) is 0 Å². The van der Waals surface area contributed by atoms with Crippen LogP contribution in [0.3, 0.4) is 0 Å². The zero-order valence-corrected chi connectivity index (χ0v) is 44.5. The van der Waals surface area contributed by atoms with Crippen molar-refractivity contribution in [1.82, 2.24) is 0 Å². The fourth-order valence-corrected chi connectivity index (χ4v) is 7.25. The van der Waals surface area contributed by atoms with Gasteiger partial charge in [0.15, 0.2) is 6.10 Å². The average molecular weight is 956 g/mol. The van der Waals surface area contributed by atoms with Gasteiger partial charge in [-0.2, -0.15) is 0 Å². The van der Waals surface area contributed by atoms with Crippen molar-refractivity contribution in [2.75, 3.05) is 13.2 Å². The van der Waals surface area contributed by atoms with E-state index in [2.05, 4.69) is 142 Å². The molecule has 0 spiro atoms. The topological polar surface area (TPSA) is 78.9 Å². The number of unbranched alkanes of at least 4 members (excludes halogenated alkanes) is 18. The number of hydrogen-bond donors (Lipinski definition) is 0. The lowest BCUT2D eigenvalue weighted by molar-refractivity contribution is -0.167. The lowest BCUT2D eigenvalue weighted by Gasteiger charge is -2.18. The van der Waals surface area contributed by atoms with Gasteiger partial charge in [0.2, 0.25) is 0 Å². The molecule has 0 aromatic rings. The van der Waals surface area contributed by atoms with Gasteiger partial charge in [0.05, 0.1) is 0 Å². The summed E-state index contributed by atoms with van der Waals surface area (Å²) in [6.45, 7) is 6.42. The van der Waals surface area contributed by atoms with Crippen LogP contribution >= 0.6 is 0 Å². The summed E-state index contributed by atoms with van der Waals surface area (Å²) >= 11 is 0. The second-order valence-electron chi connectivity index (χ2n) is 18.1. The predicted octanol–water partition coefficient (Wildman–Crippen LogP) is 18.9. The largest absolute Gasteiger partial charge is 0.462 e. The van der Waals surface area contributed by atoms with E-state index in [0.29, 0.717) is 19.3 Å². The fraction of sp³-hybridized carbons (Fsp3) is 0.635. The van der Waals surface area contributed by atoms with Gasteiger partial charge in [-0.3, -0.25) is 14.4 Å². The molecule has 0 heterocycles. The normalized spacial score (nSPS) is 13.0. The summed E-state index contributed by atoms with van der Waals surface area (Å²) in [6, 6.07) is 0. The molecule has 0 aliphatic carbocycles. The van der Waals surface area contributed by atoms with Gasteiger partial charge in [0.1, 0.15) is 13.2 Å². The maximum absolute atomic E-state index is 12.7. The standard InChI is InChI=1S/C63H102O6/c1-4-7-10-13-16-19-21-23-24-25-26-27-28-29-30-31-32-33-34-35-36-37-38-39-40-41-43-44-47-50-53-56-62(65)68-59-60(58-67-61(64)55-52-49-46-18-15-12-9-6-3)69-63(66)57-54-51-48-45-42-22-20-17-14-11-8-5-2/h7,10,16-17,19-20,23-24,26-27,29-30,32-33,35-36,38-39,41,43,60H,4-6,8-9,11-15,18,21-22,25,28,31,34,37,40,42,44-59H2,1-3H3/b10-7-,19-16-,20-17-,24-23-,27-26-,30-29-,33-32-,36-35-,39-38-,43-41-. The highest BCUT2D eigenvalue weighted by Crippen LogP contribution is 2.13. The lowest BCUT2D eigenvalue weighted by Crippen LogP contribution is -2.30. The Morgan fingerprint density at radius 1 is 0.304 bits per heavy atom. The SMILES string of the molecule is CC/C=C\C/C=C\C/C=C\C/C=C\C/C=C\C/C=C\C/C=C\C/C=C\C/C=C\CCCCCC(=O)OCC(COC(=O)CCCCCCCCCC)OC(=O)CCCCCCC/C=C\CCCCC. The van der Waals surface area contributed by atoms with Gasteiger partial charge in [-0.25, -0.2) is 0 Å². The minimum Gasteiger partial charge on any atom is -0.462 e. The van der Waals surface area contributed by atoms with Crippen LogP contribution in [0.2, 0.25) is 0 Å². The number of carbonyl (C=O) groups excluding carboxylic acids is 3. The van der Waals surface area contributed by atoms with E-state index in [4.69, 9.17) is 14.2 Å². The Balaban J connectivity index is 4.26. The molecule has 69 heavy (non-hydrogen) atoms. The molecule has 0 N–H and O–H groups in total. The minimum atomic E-state index is -0.795. The Bertz CT molecular complexity index is 1470. The van der Waals surface area contributed by atoms with Crippen molar-refractivity contribution in [3.05, 3.63) is 122 Å². The molecule has 0 saturated carbocycles. The third-order valence-corrected chi connectivity index (χ3v) is 11.5. The molecular weight excluding hydrogens is 853 g/mol. The van der Waals surface area contributed by atoms with Crippen LogP contribution in [0.4, 0.5) is 0 Å². The van der Waals surface area contributed by atoms with Gasteiger partial charge in [-0.05, 0) is 116 Å². The van der Waals surface area contributed by atoms with Crippen LogP contribution in [-0.4, -0.2) is 37.2 Å². The molecule has 0 aliphatic rings. The molecule has 0 aliphatic heterocycles. The van der Waals surface area contributed by atoms with E-state index in [9.17, 15) is 14.4 Å². The third-order valence-electron chi connectivity index (χ3n) is 11.5. The Hall–Kier alpha value is -4.19. The summed E-state index contributed by atoms with van der Waals surface area (Å²) < 4.78 is 16.7. The van der Waals surface area contributed by atoms with Crippen LogP contribution in [-0.2, 0) is 28.6 Å². The second kappa shape index (κ2) is 56.4. The van der Waals surface area contributed by atoms with E-state index in [0.717, 1.165) is 135 Å². The van der Waals surface area contributed by atoms with Gasteiger partial charge in [0.25, 0.3) is 0 Å². The summed E-state index contributed by atoms with van der Waals surface area (Å²) in [5.74, 6) is -0.947. The fourth-order valence-electron chi connectivity index (χ4n) is 7.25. The minimum absolute atomic E-state index is 0.0931. The van der Waals surface area contributed by atoms with Crippen LogP contribution < -0.4 is 0 Å². The monoisotopic (exact) mass is 955 g/mol.